The first-order valence-electron chi connectivity index (χ1n) is 8.19. The van der Waals surface area contributed by atoms with Gasteiger partial charge in [-0.05, 0) is 30.3 Å². The number of amides is 1. The average Bonchev–Trinajstić information content (AvgIpc) is 2.66. The summed E-state index contributed by atoms with van der Waals surface area (Å²) >= 11 is 5.98. The molecule has 28 heavy (non-hydrogen) atoms. The Labute approximate surface area is 168 Å². The molecule has 1 amide bonds. The summed E-state index contributed by atoms with van der Waals surface area (Å²) in [6.07, 6.45) is -0.00000199. The number of fused-ring (bicyclic) bond motifs is 1. The second-order valence-corrected chi connectivity index (χ2v) is 8.41. The van der Waals surface area contributed by atoms with Gasteiger partial charge in [0.25, 0.3) is 5.91 Å². The van der Waals surface area contributed by atoms with Crippen LogP contribution in [-0.4, -0.2) is 47.4 Å². The van der Waals surface area contributed by atoms with E-state index < -0.39 is 22.0 Å². The molecule has 0 saturated heterocycles. The van der Waals surface area contributed by atoms with Gasteiger partial charge in [0.2, 0.25) is 10.0 Å². The number of rotatable bonds is 5. The molecule has 0 radical (unpaired) electrons. The second kappa shape index (κ2) is 7.76. The van der Waals surface area contributed by atoms with Crippen LogP contribution >= 0.6 is 11.6 Å². The summed E-state index contributed by atoms with van der Waals surface area (Å²) in [5, 5.41) is 3.07. The van der Waals surface area contributed by atoms with E-state index >= 15 is 0 Å². The van der Waals surface area contributed by atoms with Crippen LogP contribution in [0.15, 0.2) is 36.4 Å². The smallest absolute Gasteiger partial charge is 0.267 e. The summed E-state index contributed by atoms with van der Waals surface area (Å²) in [4.78, 5) is 12.8. The molecule has 0 spiro atoms. The fourth-order valence-corrected chi connectivity index (χ4v) is 3.86. The topological polar surface area (TPSA) is 94.2 Å². The number of carbonyl (C=O) groups excluding carboxylic acids is 1. The number of methoxy groups -OCH3 is 2. The van der Waals surface area contributed by atoms with E-state index in [0.29, 0.717) is 27.9 Å². The van der Waals surface area contributed by atoms with Crippen LogP contribution in [0.25, 0.3) is 0 Å². The normalized spacial score (nSPS) is 16.0. The van der Waals surface area contributed by atoms with Crippen molar-refractivity contribution in [3.8, 4) is 17.2 Å². The Kier molecular flexibility index (Phi) is 5.57. The number of anilines is 2. The minimum absolute atomic E-state index is 0.184. The van der Waals surface area contributed by atoms with Crippen LogP contribution in [0.4, 0.5) is 11.4 Å². The predicted octanol–water partition coefficient (Wildman–Crippen LogP) is 2.52. The zero-order chi connectivity index (χ0) is 20.5. The third-order valence-corrected chi connectivity index (χ3v) is 5.53. The Bertz CT molecular complexity index is 1010. The maximum Gasteiger partial charge on any atom is 0.267 e. The van der Waals surface area contributed by atoms with Crippen LogP contribution in [0.2, 0.25) is 5.02 Å². The number of hydrogen-bond acceptors (Lipinski definition) is 6. The Morgan fingerprint density at radius 2 is 1.96 bits per heavy atom. The SMILES string of the molecule is COc1ccc(NC(=O)C2CN(S(C)(=O)=O)c3cc(Cl)ccc3O2)c(OC)c1. The number of nitrogens with zero attached hydrogens (tertiary/aromatic N) is 1. The van der Waals surface area contributed by atoms with Crippen molar-refractivity contribution in [3.05, 3.63) is 41.4 Å². The molecule has 0 bridgehead atoms. The standard InChI is InChI=1S/C18H19ClN2O6S/c1-25-12-5-6-13(16(9-12)26-2)20-18(22)17-10-21(28(3,23)24)14-8-11(19)4-7-15(14)27-17/h4-9,17H,10H2,1-3H3,(H,20,22). The molecular formula is C18H19ClN2O6S. The highest BCUT2D eigenvalue weighted by atomic mass is 35.5. The largest absolute Gasteiger partial charge is 0.497 e. The molecule has 3 rings (SSSR count). The van der Waals surface area contributed by atoms with Gasteiger partial charge in [-0.1, -0.05) is 11.6 Å². The molecule has 0 fully saturated rings. The van der Waals surface area contributed by atoms with Crippen molar-refractivity contribution in [1.82, 2.24) is 0 Å². The first-order valence-corrected chi connectivity index (χ1v) is 10.4. The van der Waals surface area contributed by atoms with Gasteiger partial charge in [0.05, 0.1) is 38.4 Å². The highest BCUT2D eigenvalue weighted by Crippen LogP contribution is 2.37. The predicted molar refractivity (Wildman–Crippen MR) is 106 cm³/mol. The lowest BCUT2D eigenvalue weighted by atomic mass is 10.2. The average molecular weight is 427 g/mol. The van der Waals surface area contributed by atoms with E-state index in [1.165, 1.54) is 26.4 Å². The number of sulfonamides is 1. The second-order valence-electron chi connectivity index (χ2n) is 6.07. The third-order valence-electron chi connectivity index (χ3n) is 4.15. The summed E-state index contributed by atoms with van der Waals surface area (Å²) in [7, 11) is -0.658. The van der Waals surface area contributed by atoms with Crippen molar-refractivity contribution >= 4 is 38.9 Å². The first-order chi connectivity index (χ1) is 13.2. The van der Waals surface area contributed by atoms with Crippen LogP contribution in [0.3, 0.4) is 0 Å². The molecule has 0 saturated carbocycles. The summed E-state index contributed by atoms with van der Waals surface area (Å²) < 4.78 is 41.7. The van der Waals surface area contributed by atoms with E-state index in [1.54, 1.807) is 24.3 Å². The van der Waals surface area contributed by atoms with Crippen LogP contribution in [-0.2, 0) is 14.8 Å². The maximum absolute atomic E-state index is 12.8. The molecule has 1 atom stereocenters. The molecule has 1 N–H and O–H groups in total. The maximum atomic E-state index is 12.8. The van der Waals surface area contributed by atoms with E-state index in [1.807, 2.05) is 0 Å². The fraction of sp³-hybridized carbons (Fsp3) is 0.278. The minimum Gasteiger partial charge on any atom is -0.497 e. The highest BCUT2D eigenvalue weighted by molar-refractivity contribution is 7.92. The fourth-order valence-electron chi connectivity index (χ4n) is 2.79. The van der Waals surface area contributed by atoms with Gasteiger partial charge in [-0.25, -0.2) is 8.42 Å². The van der Waals surface area contributed by atoms with Gasteiger partial charge in [-0.15, -0.1) is 0 Å². The van der Waals surface area contributed by atoms with Gasteiger partial charge in [0.15, 0.2) is 6.10 Å². The number of carbonyl (C=O) groups is 1. The Morgan fingerprint density at radius 3 is 2.61 bits per heavy atom. The van der Waals surface area contributed by atoms with Crippen molar-refractivity contribution in [3.63, 3.8) is 0 Å². The monoisotopic (exact) mass is 426 g/mol. The van der Waals surface area contributed by atoms with Crippen LogP contribution < -0.4 is 23.8 Å². The summed E-state index contributed by atoms with van der Waals surface area (Å²) in [5.41, 5.74) is 0.700. The molecule has 1 aliphatic rings. The summed E-state index contributed by atoms with van der Waals surface area (Å²) in [5.74, 6) is 0.703. The van der Waals surface area contributed by atoms with E-state index in [9.17, 15) is 13.2 Å². The van der Waals surface area contributed by atoms with Gasteiger partial charge in [-0.2, -0.15) is 0 Å². The van der Waals surface area contributed by atoms with Crippen LogP contribution in [0.5, 0.6) is 17.2 Å². The van der Waals surface area contributed by atoms with E-state index in [-0.39, 0.29) is 12.3 Å². The van der Waals surface area contributed by atoms with Gasteiger partial charge < -0.3 is 19.5 Å². The quantitative estimate of drug-likeness (QED) is 0.789. The molecule has 1 unspecified atom stereocenters. The molecule has 1 aliphatic heterocycles. The lowest BCUT2D eigenvalue weighted by molar-refractivity contribution is -0.122. The van der Waals surface area contributed by atoms with Crippen molar-refractivity contribution in [1.29, 1.82) is 0 Å². The van der Waals surface area contributed by atoms with Gasteiger partial charge >= 0.3 is 0 Å². The molecular weight excluding hydrogens is 408 g/mol. The van der Waals surface area contributed by atoms with Crippen LogP contribution in [0.1, 0.15) is 0 Å². The summed E-state index contributed by atoms with van der Waals surface area (Å²) in [6, 6.07) is 9.49. The Morgan fingerprint density at radius 1 is 1.21 bits per heavy atom. The molecule has 2 aromatic rings. The lowest BCUT2D eigenvalue weighted by Gasteiger charge is -2.34. The molecule has 0 aromatic heterocycles. The minimum atomic E-state index is -3.64. The number of nitrogens with one attached hydrogen (secondary N) is 1. The molecule has 8 nitrogen and oxygen atoms in total. The molecule has 150 valence electrons. The van der Waals surface area contributed by atoms with E-state index in [0.717, 1.165) is 10.6 Å². The van der Waals surface area contributed by atoms with Crippen molar-refractivity contribution in [2.75, 3.05) is 36.6 Å². The van der Waals surface area contributed by atoms with Crippen molar-refractivity contribution < 1.29 is 27.4 Å². The zero-order valence-electron chi connectivity index (χ0n) is 15.4. The first kappa shape index (κ1) is 20.1. The van der Waals surface area contributed by atoms with Gasteiger partial charge in [-0.3, -0.25) is 9.10 Å². The molecule has 2 aromatic carbocycles. The van der Waals surface area contributed by atoms with E-state index in [2.05, 4.69) is 5.32 Å². The van der Waals surface area contributed by atoms with Crippen LogP contribution in [0, 0.1) is 0 Å². The molecule has 10 heteroatoms. The lowest BCUT2D eigenvalue weighted by Crippen LogP contribution is -2.48. The third kappa shape index (κ3) is 4.10. The number of halogens is 1. The number of ether oxygens (including phenoxy) is 3. The highest BCUT2D eigenvalue weighted by Gasteiger charge is 2.35. The molecule has 0 aliphatic carbocycles. The van der Waals surface area contributed by atoms with E-state index in [4.69, 9.17) is 25.8 Å². The van der Waals surface area contributed by atoms with Gasteiger partial charge in [0.1, 0.15) is 17.2 Å². The Balaban J connectivity index is 1.88. The number of hydrogen-bond donors (Lipinski definition) is 1. The molecule has 1 heterocycles. The van der Waals surface area contributed by atoms with Crippen molar-refractivity contribution in [2.45, 2.75) is 6.10 Å². The van der Waals surface area contributed by atoms with Crippen molar-refractivity contribution in [2.24, 2.45) is 0 Å². The summed E-state index contributed by atoms with van der Waals surface area (Å²) in [6.45, 7) is -0.184. The van der Waals surface area contributed by atoms with Gasteiger partial charge in [0, 0.05) is 11.1 Å². The zero-order valence-corrected chi connectivity index (χ0v) is 17.0. The Hall–Kier alpha value is -2.65. The number of benzene rings is 2.